The molecular weight excluding hydrogens is 452 g/mol. The maximum Gasteiger partial charge on any atom is 0.330 e. The van der Waals surface area contributed by atoms with Gasteiger partial charge in [0.1, 0.15) is 26.4 Å². The minimum absolute atomic E-state index is 0.0590. The maximum absolute atomic E-state index is 11.7. The lowest BCUT2D eigenvalue weighted by Gasteiger charge is -2.20. The molecule has 0 spiro atoms. The van der Waals surface area contributed by atoms with Crippen molar-refractivity contribution >= 4 is 30.0 Å². The van der Waals surface area contributed by atoms with Crippen LogP contribution in [-0.2, 0) is 38.1 Å². The van der Waals surface area contributed by atoms with Gasteiger partial charge in [0.2, 0.25) is 0 Å². The quantitative estimate of drug-likeness (QED) is 0.178. The first-order chi connectivity index (χ1) is 16.4. The van der Waals surface area contributed by atoms with Crippen molar-refractivity contribution < 1.29 is 38.1 Å². The third-order valence-electron chi connectivity index (χ3n) is 5.27. The normalized spacial score (nSPS) is 11.2. The summed E-state index contributed by atoms with van der Waals surface area (Å²) < 4.78 is 19.6. The van der Waals surface area contributed by atoms with E-state index in [2.05, 4.69) is 4.74 Å². The van der Waals surface area contributed by atoms with Crippen molar-refractivity contribution in [2.75, 3.05) is 26.4 Å². The van der Waals surface area contributed by atoms with E-state index in [9.17, 15) is 19.2 Å². The summed E-state index contributed by atoms with van der Waals surface area (Å²) in [5.41, 5.74) is -0.0430. The molecule has 0 amide bonds. The molecule has 0 fully saturated rings. The maximum atomic E-state index is 11.7. The van der Waals surface area contributed by atoms with Crippen LogP contribution in [0.4, 0.5) is 0 Å². The summed E-state index contributed by atoms with van der Waals surface area (Å²) >= 11 is 0. The lowest BCUT2D eigenvalue weighted by molar-refractivity contribution is -0.158. The number of carbonyl (C=O) groups excluding carboxylic acids is 4. The van der Waals surface area contributed by atoms with E-state index >= 15 is 0 Å². The van der Waals surface area contributed by atoms with Crippen LogP contribution in [0.5, 0.6) is 0 Å². The molecule has 1 aromatic rings. The number of rotatable bonds is 12. The van der Waals surface area contributed by atoms with Gasteiger partial charge in [-0.25, -0.2) is 4.79 Å². The van der Waals surface area contributed by atoms with E-state index in [1.54, 1.807) is 6.08 Å². The lowest BCUT2D eigenvalue weighted by atomic mass is 9.91. The van der Waals surface area contributed by atoms with Crippen molar-refractivity contribution in [2.45, 2.75) is 61.3 Å². The number of carbonyl (C=O) groups is 4. The van der Waals surface area contributed by atoms with Gasteiger partial charge in [-0.3, -0.25) is 14.4 Å². The Kier molecular flexibility index (Phi) is 15.0. The van der Waals surface area contributed by atoms with Crippen molar-refractivity contribution in [1.29, 1.82) is 0 Å². The van der Waals surface area contributed by atoms with Crippen LogP contribution in [0.2, 0.25) is 0 Å². The van der Waals surface area contributed by atoms with Crippen molar-refractivity contribution in [1.82, 2.24) is 0 Å². The predicted molar refractivity (Wildman–Crippen MR) is 133 cm³/mol. The van der Waals surface area contributed by atoms with Crippen molar-refractivity contribution in [3.8, 4) is 0 Å². The van der Waals surface area contributed by atoms with Crippen LogP contribution >= 0.6 is 0 Å². The average Bonchev–Trinajstić information content (AvgIpc) is 2.83. The Morgan fingerprint density at radius 1 is 0.714 bits per heavy atom. The van der Waals surface area contributed by atoms with Gasteiger partial charge in [0, 0.05) is 13.0 Å². The van der Waals surface area contributed by atoms with Gasteiger partial charge >= 0.3 is 23.9 Å². The summed E-state index contributed by atoms with van der Waals surface area (Å²) in [5, 5.41) is 0. The monoisotopic (exact) mass is 492 g/mol. The average molecular weight is 493 g/mol. The first-order valence-corrected chi connectivity index (χ1v) is 11.7. The summed E-state index contributed by atoms with van der Waals surface area (Å²) in [4.78, 5) is 44.9. The molecule has 0 atom stereocenters. The third kappa shape index (κ3) is 14.7. The fourth-order valence-electron chi connectivity index (χ4n) is 2.05. The fourth-order valence-corrected chi connectivity index (χ4v) is 2.05. The zero-order valence-corrected chi connectivity index (χ0v) is 22.1. The molecular formula is C27H40O8. The Labute approximate surface area is 209 Å². The van der Waals surface area contributed by atoms with Crippen LogP contribution in [0, 0.1) is 10.8 Å². The minimum atomic E-state index is -0.503. The largest absolute Gasteiger partial charge is 0.462 e. The highest BCUT2D eigenvalue weighted by Gasteiger charge is 2.27. The van der Waals surface area contributed by atoms with Gasteiger partial charge < -0.3 is 18.9 Å². The van der Waals surface area contributed by atoms with Crippen LogP contribution in [0.1, 0.15) is 66.9 Å². The van der Waals surface area contributed by atoms with Gasteiger partial charge in [-0.15, -0.1) is 0 Å². The molecule has 0 aliphatic rings. The number of hydrogen-bond acceptors (Lipinski definition) is 8. The highest BCUT2D eigenvalue weighted by molar-refractivity contribution is 5.87. The second kappa shape index (κ2) is 16.5. The van der Waals surface area contributed by atoms with E-state index in [-0.39, 0.29) is 44.3 Å². The lowest BCUT2D eigenvalue weighted by Crippen LogP contribution is -2.27. The Hall–Kier alpha value is -3.16. The van der Waals surface area contributed by atoms with E-state index in [1.165, 1.54) is 13.0 Å². The predicted octanol–water partition coefficient (Wildman–Crippen LogP) is 4.75. The van der Waals surface area contributed by atoms with Crippen LogP contribution in [0.3, 0.4) is 0 Å². The molecule has 0 aliphatic heterocycles. The van der Waals surface area contributed by atoms with Gasteiger partial charge in [0.25, 0.3) is 0 Å². The van der Waals surface area contributed by atoms with Gasteiger partial charge in [-0.1, -0.05) is 44.2 Å². The molecule has 8 nitrogen and oxygen atoms in total. The molecule has 0 saturated carbocycles. The molecule has 0 heterocycles. The van der Waals surface area contributed by atoms with E-state index in [1.807, 2.05) is 71.9 Å². The van der Waals surface area contributed by atoms with E-state index < -0.39 is 16.8 Å². The Bertz CT molecular complexity index is 825. The van der Waals surface area contributed by atoms with Gasteiger partial charge in [0.15, 0.2) is 0 Å². The molecule has 1 rings (SSSR count). The Balaban J connectivity index is 0.000000720. The number of benzene rings is 1. The molecule has 0 unspecified atom stereocenters. The zero-order valence-electron chi connectivity index (χ0n) is 22.1. The number of esters is 4. The number of ether oxygens (including phenoxy) is 4. The molecule has 0 aliphatic carbocycles. The van der Waals surface area contributed by atoms with E-state index in [4.69, 9.17) is 14.2 Å². The third-order valence-corrected chi connectivity index (χ3v) is 5.27. The second-order valence-corrected chi connectivity index (χ2v) is 9.00. The highest BCUT2D eigenvalue weighted by atomic mass is 16.6. The summed E-state index contributed by atoms with van der Waals surface area (Å²) in [7, 11) is 0. The topological polar surface area (TPSA) is 105 Å². The van der Waals surface area contributed by atoms with E-state index in [0.717, 1.165) is 12.0 Å². The molecule has 35 heavy (non-hydrogen) atoms. The molecule has 1 aromatic carbocycles. The van der Waals surface area contributed by atoms with Gasteiger partial charge in [0.05, 0.1) is 10.8 Å². The molecule has 8 heteroatoms. The fraction of sp³-hybridized carbons (Fsp3) is 0.556. The second-order valence-electron chi connectivity index (χ2n) is 9.00. The van der Waals surface area contributed by atoms with Crippen LogP contribution in [0.15, 0.2) is 36.4 Å². The minimum Gasteiger partial charge on any atom is -0.462 e. The van der Waals surface area contributed by atoms with Crippen LogP contribution in [0.25, 0.3) is 6.08 Å². The smallest absolute Gasteiger partial charge is 0.330 e. The van der Waals surface area contributed by atoms with Crippen molar-refractivity contribution in [3.63, 3.8) is 0 Å². The molecule has 0 bridgehead atoms. The summed E-state index contributed by atoms with van der Waals surface area (Å²) in [6.07, 6.45) is 4.45. The zero-order chi connectivity index (χ0) is 26.9. The molecule has 0 radical (unpaired) electrons. The number of hydrogen-bond donors (Lipinski definition) is 0. The summed E-state index contributed by atoms with van der Waals surface area (Å²) in [6, 6.07) is 9.46. The summed E-state index contributed by atoms with van der Waals surface area (Å²) in [6.45, 7) is 12.8. The standard InChI is InChI=1S/C17H22O4.C10H18O4/c1-4-17(2,3)16(19)21-13-12-20-15(18)11-10-14-8-6-5-7-9-14;1-5-10(3,4)9(12)14-7-6-13-8(2)11/h5-11H,4,12-13H2,1-3H3;5-7H2,1-4H3/b11-10+;. The van der Waals surface area contributed by atoms with Crippen LogP contribution in [-0.4, -0.2) is 50.3 Å². The van der Waals surface area contributed by atoms with Crippen molar-refractivity contribution in [2.24, 2.45) is 10.8 Å². The highest BCUT2D eigenvalue weighted by Crippen LogP contribution is 2.21. The van der Waals surface area contributed by atoms with E-state index in [0.29, 0.717) is 6.42 Å². The van der Waals surface area contributed by atoms with Gasteiger partial charge in [-0.2, -0.15) is 0 Å². The first-order valence-electron chi connectivity index (χ1n) is 11.7. The molecule has 0 aromatic heterocycles. The SMILES string of the molecule is CCC(C)(C)C(=O)OCCOC(=O)/C=C/c1ccccc1.CCC(C)(C)C(=O)OCCOC(C)=O. The van der Waals surface area contributed by atoms with Gasteiger partial charge in [-0.05, 0) is 52.2 Å². The Morgan fingerprint density at radius 3 is 1.57 bits per heavy atom. The van der Waals surface area contributed by atoms with Crippen molar-refractivity contribution in [3.05, 3.63) is 42.0 Å². The molecule has 196 valence electrons. The Morgan fingerprint density at radius 2 is 1.14 bits per heavy atom. The first kappa shape index (κ1) is 31.8. The molecule has 0 saturated heterocycles. The van der Waals surface area contributed by atoms with Crippen LogP contribution < -0.4 is 0 Å². The molecule has 0 N–H and O–H groups in total. The summed E-state index contributed by atoms with van der Waals surface area (Å²) in [5.74, 6) is -1.35.